The molecule has 1 saturated heterocycles. The number of fused-ring (bicyclic) bond motifs is 1. The molecule has 9 heteroatoms. The number of benzene rings is 1. The highest BCUT2D eigenvalue weighted by Gasteiger charge is 2.22. The number of rotatable bonds is 5. The van der Waals surface area contributed by atoms with Crippen LogP contribution >= 0.6 is 0 Å². The minimum Gasteiger partial charge on any atom is -0.493 e. The predicted molar refractivity (Wildman–Crippen MR) is 91.3 cm³/mol. The van der Waals surface area contributed by atoms with Crippen LogP contribution in [0.3, 0.4) is 0 Å². The topological polar surface area (TPSA) is 93.7 Å². The Balaban J connectivity index is 1.90. The molecule has 24 heavy (non-hydrogen) atoms. The number of nitrogens with zero attached hydrogens (tertiary/aromatic N) is 3. The summed E-state index contributed by atoms with van der Waals surface area (Å²) in [5.41, 5.74) is 0.778. The Morgan fingerprint density at radius 3 is 2.42 bits per heavy atom. The van der Waals surface area contributed by atoms with E-state index in [9.17, 15) is 8.42 Å². The van der Waals surface area contributed by atoms with Gasteiger partial charge in [-0.2, -0.15) is 0 Å². The number of thiol groups is 1. The molecule has 0 atom stereocenters. The molecule has 3 rings (SSSR count). The number of nitrogens with one attached hydrogen (secondary N) is 1. The van der Waals surface area contributed by atoms with Crippen LogP contribution < -0.4 is 19.1 Å². The molecule has 8 nitrogen and oxygen atoms in total. The van der Waals surface area contributed by atoms with Gasteiger partial charge in [-0.15, -0.1) is 0 Å². The van der Waals surface area contributed by atoms with Crippen LogP contribution in [-0.2, 0) is 10.9 Å². The molecule has 0 unspecified atom stereocenters. The van der Waals surface area contributed by atoms with Crippen LogP contribution in [0.25, 0.3) is 10.9 Å². The van der Waals surface area contributed by atoms with E-state index in [4.69, 9.17) is 9.47 Å². The fourth-order valence-corrected chi connectivity index (χ4v) is 3.55. The van der Waals surface area contributed by atoms with E-state index in [0.29, 0.717) is 11.5 Å². The van der Waals surface area contributed by atoms with Gasteiger partial charge in [0.25, 0.3) is 0 Å². The zero-order valence-corrected chi connectivity index (χ0v) is 14.5. The van der Waals surface area contributed by atoms with Crippen molar-refractivity contribution in [2.75, 3.05) is 32.2 Å². The first-order valence-electron chi connectivity index (χ1n) is 7.64. The summed E-state index contributed by atoms with van der Waals surface area (Å²) in [4.78, 5) is 10.9. The maximum Gasteiger partial charge on any atom is 0.201 e. The SMILES string of the molecule is COc1cc2ncnc(N3CCC(N[SH](=O)=O)CC3)c2cc1OC. The van der Waals surface area contributed by atoms with Gasteiger partial charge in [-0.25, -0.2) is 23.1 Å². The quantitative estimate of drug-likeness (QED) is 0.766. The van der Waals surface area contributed by atoms with E-state index in [0.717, 1.165) is 42.7 Å². The van der Waals surface area contributed by atoms with E-state index < -0.39 is 10.9 Å². The van der Waals surface area contributed by atoms with Gasteiger partial charge in [0.2, 0.25) is 10.9 Å². The van der Waals surface area contributed by atoms with E-state index in [1.54, 1.807) is 14.2 Å². The summed E-state index contributed by atoms with van der Waals surface area (Å²) in [6.45, 7) is 1.45. The van der Waals surface area contributed by atoms with Crippen molar-refractivity contribution in [1.29, 1.82) is 0 Å². The molecule has 1 aliphatic rings. The van der Waals surface area contributed by atoms with Crippen molar-refractivity contribution in [3.63, 3.8) is 0 Å². The second-order valence-electron chi connectivity index (χ2n) is 5.57. The number of anilines is 1. The Morgan fingerprint density at radius 1 is 1.12 bits per heavy atom. The summed E-state index contributed by atoms with van der Waals surface area (Å²) in [7, 11) is 0.622. The number of methoxy groups -OCH3 is 2. The maximum atomic E-state index is 10.8. The third-order valence-electron chi connectivity index (χ3n) is 4.20. The minimum absolute atomic E-state index is 0.00917. The standard InChI is InChI=1S/C15H20N4O4S/c1-22-13-7-11-12(8-14(13)23-2)16-9-17-15(11)19-5-3-10(4-6-19)18-24(20)21/h7-10,24H,3-6H2,1-2H3,(H,18,20,21). The highest BCUT2D eigenvalue weighted by molar-refractivity contribution is 7.70. The summed E-state index contributed by atoms with van der Waals surface area (Å²) >= 11 is 0. The van der Waals surface area contributed by atoms with Crippen molar-refractivity contribution in [2.45, 2.75) is 18.9 Å². The Morgan fingerprint density at radius 2 is 1.79 bits per heavy atom. The number of piperidine rings is 1. The number of ether oxygens (including phenoxy) is 2. The molecule has 0 aliphatic carbocycles. The van der Waals surface area contributed by atoms with Crippen molar-refractivity contribution in [1.82, 2.24) is 14.7 Å². The van der Waals surface area contributed by atoms with Gasteiger partial charge in [-0.05, 0) is 18.9 Å². The fraction of sp³-hybridized carbons (Fsp3) is 0.467. The van der Waals surface area contributed by atoms with Crippen molar-refractivity contribution in [3.05, 3.63) is 18.5 Å². The maximum absolute atomic E-state index is 10.8. The monoisotopic (exact) mass is 352 g/mol. The summed E-state index contributed by atoms with van der Waals surface area (Å²) < 4.78 is 34.9. The van der Waals surface area contributed by atoms with Gasteiger partial charge in [-0.1, -0.05) is 0 Å². The second kappa shape index (κ2) is 7.18. The molecule has 0 spiro atoms. The number of hydrogen-bond acceptors (Lipinski definition) is 7. The zero-order chi connectivity index (χ0) is 17.1. The average Bonchev–Trinajstić information content (AvgIpc) is 2.60. The van der Waals surface area contributed by atoms with Crippen molar-refractivity contribution in [2.24, 2.45) is 0 Å². The highest BCUT2D eigenvalue weighted by atomic mass is 32.2. The number of hydrogen-bond donors (Lipinski definition) is 2. The molecule has 2 aromatic rings. The molecule has 0 amide bonds. The summed E-state index contributed by atoms with van der Waals surface area (Å²) in [5, 5.41) is 0.886. The molecule has 0 radical (unpaired) electrons. The lowest BCUT2D eigenvalue weighted by molar-refractivity contribution is 0.355. The van der Waals surface area contributed by atoms with Crippen LogP contribution in [0.15, 0.2) is 18.5 Å². The third-order valence-corrected chi connectivity index (χ3v) is 4.78. The highest BCUT2D eigenvalue weighted by Crippen LogP contribution is 2.35. The average molecular weight is 352 g/mol. The van der Waals surface area contributed by atoms with Gasteiger partial charge in [0.1, 0.15) is 12.1 Å². The van der Waals surface area contributed by atoms with E-state index in [1.165, 1.54) is 6.33 Å². The molecule has 130 valence electrons. The Bertz CT molecular complexity index is 795. The van der Waals surface area contributed by atoms with E-state index in [2.05, 4.69) is 19.6 Å². The Labute approximate surface area is 141 Å². The van der Waals surface area contributed by atoms with Crippen LogP contribution in [0.1, 0.15) is 12.8 Å². The molecule has 1 N–H and O–H groups in total. The first-order chi connectivity index (χ1) is 11.6. The lowest BCUT2D eigenvalue weighted by Gasteiger charge is -2.32. The first-order valence-corrected chi connectivity index (χ1v) is 8.82. The van der Waals surface area contributed by atoms with Crippen molar-refractivity contribution >= 4 is 27.6 Å². The van der Waals surface area contributed by atoms with Gasteiger partial charge >= 0.3 is 0 Å². The summed E-state index contributed by atoms with van der Waals surface area (Å²) in [5.74, 6) is 2.07. The lowest BCUT2D eigenvalue weighted by atomic mass is 10.1. The fourth-order valence-electron chi connectivity index (χ4n) is 2.99. The largest absolute Gasteiger partial charge is 0.493 e. The van der Waals surface area contributed by atoms with Crippen LogP contribution in [0.4, 0.5) is 5.82 Å². The second-order valence-corrected chi connectivity index (χ2v) is 6.34. The molecular formula is C15H20N4O4S. The molecule has 0 saturated carbocycles. The van der Waals surface area contributed by atoms with Crippen LogP contribution in [-0.4, -0.2) is 51.7 Å². The summed E-state index contributed by atoms with van der Waals surface area (Å²) in [6.07, 6.45) is 3.01. The van der Waals surface area contributed by atoms with Gasteiger partial charge in [-0.3, -0.25) is 0 Å². The van der Waals surface area contributed by atoms with Crippen LogP contribution in [0, 0.1) is 0 Å². The number of aromatic nitrogens is 2. The molecule has 1 aromatic heterocycles. The minimum atomic E-state index is -2.56. The molecule has 1 aromatic carbocycles. The van der Waals surface area contributed by atoms with Crippen molar-refractivity contribution < 1.29 is 17.9 Å². The normalized spacial score (nSPS) is 15.9. The van der Waals surface area contributed by atoms with E-state index in [-0.39, 0.29) is 6.04 Å². The first kappa shape index (κ1) is 16.7. The van der Waals surface area contributed by atoms with E-state index >= 15 is 0 Å². The van der Waals surface area contributed by atoms with Gasteiger partial charge in [0, 0.05) is 30.6 Å². The molecular weight excluding hydrogens is 332 g/mol. The third kappa shape index (κ3) is 3.36. The molecule has 0 bridgehead atoms. The van der Waals surface area contributed by atoms with Crippen LogP contribution in [0.5, 0.6) is 11.5 Å². The van der Waals surface area contributed by atoms with Crippen molar-refractivity contribution in [3.8, 4) is 11.5 Å². The van der Waals surface area contributed by atoms with Gasteiger partial charge in [0.15, 0.2) is 11.5 Å². The van der Waals surface area contributed by atoms with Gasteiger partial charge in [0.05, 0.1) is 19.7 Å². The Hall–Kier alpha value is -2.13. The smallest absolute Gasteiger partial charge is 0.201 e. The predicted octanol–water partition coefficient (Wildman–Crippen LogP) is 0.732. The van der Waals surface area contributed by atoms with Gasteiger partial charge < -0.3 is 14.4 Å². The van der Waals surface area contributed by atoms with E-state index in [1.807, 2.05) is 12.1 Å². The summed E-state index contributed by atoms with van der Waals surface area (Å²) in [6, 6.07) is 3.70. The molecule has 1 aliphatic heterocycles. The van der Waals surface area contributed by atoms with Crippen LogP contribution in [0.2, 0.25) is 0 Å². The molecule has 2 heterocycles. The zero-order valence-electron chi connectivity index (χ0n) is 13.6. The Kier molecular flexibility index (Phi) is 5.00. The lowest BCUT2D eigenvalue weighted by Crippen LogP contribution is -2.42. The molecule has 1 fully saturated rings.